The van der Waals surface area contributed by atoms with Gasteiger partial charge in [-0.3, -0.25) is 4.68 Å². The van der Waals surface area contributed by atoms with Crippen molar-refractivity contribution in [2.24, 2.45) is 5.73 Å². The highest BCUT2D eigenvalue weighted by Crippen LogP contribution is 2.27. The van der Waals surface area contributed by atoms with Gasteiger partial charge in [-0.25, -0.2) is 4.98 Å². The Balaban J connectivity index is 2.01. The number of aryl methyl sites for hydroxylation is 1. The summed E-state index contributed by atoms with van der Waals surface area (Å²) < 4.78 is 3.09. The van der Waals surface area contributed by atoms with Crippen molar-refractivity contribution >= 4 is 21.6 Å². The zero-order valence-corrected chi connectivity index (χ0v) is 10.9. The van der Waals surface area contributed by atoms with Crippen molar-refractivity contribution in [3.63, 3.8) is 0 Å². The van der Waals surface area contributed by atoms with Crippen LogP contribution in [0.25, 0.3) is 21.3 Å². The van der Waals surface area contributed by atoms with E-state index in [0.29, 0.717) is 6.54 Å². The SMILES string of the molecule is Cc1nc2cc(-c3cnn(CCN)c3)ccc2s1. The highest BCUT2D eigenvalue weighted by molar-refractivity contribution is 7.18. The molecule has 0 amide bonds. The molecule has 0 saturated heterocycles. The molecule has 0 fully saturated rings. The molecule has 0 radical (unpaired) electrons. The van der Waals surface area contributed by atoms with Crippen LogP contribution in [0.2, 0.25) is 0 Å². The summed E-state index contributed by atoms with van der Waals surface area (Å²) in [6.07, 6.45) is 3.89. The molecule has 2 aromatic heterocycles. The molecule has 0 bridgehead atoms. The van der Waals surface area contributed by atoms with Gasteiger partial charge in [0.25, 0.3) is 0 Å². The lowest BCUT2D eigenvalue weighted by molar-refractivity contribution is 0.625. The number of aromatic nitrogens is 3. The van der Waals surface area contributed by atoms with Gasteiger partial charge in [0.2, 0.25) is 0 Å². The van der Waals surface area contributed by atoms with E-state index in [2.05, 4.69) is 28.3 Å². The van der Waals surface area contributed by atoms with E-state index in [1.165, 1.54) is 4.70 Å². The fourth-order valence-electron chi connectivity index (χ4n) is 1.99. The second-order valence-corrected chi connectivity index (χ2v) is 5.43. The first-order chi connectivity index (χ1) is 8.76. The van der Waals surface area contributed by atoms with Gasteiger partial charge in [-0.1, -0.05) is 6.07 Å². The Labute approximate surface area is 109 Å². The first-order valence-electron chi connectivity index (χ1n) is 5.86. The third-order valence-electron chi connectivity index (χ3n) is 2.82. The third-order valence-corrected chi connectivity index (χ3v) is 3.77. The summed E-state index contributed by atoms with van der Waals surface area (Å²) in [5, 5.41) is 5.38. The Morgan fingerprint density at radius 1 is 1.33 bits per heavy atom. The summed E-state index contributed by atoms with van der Waals surface area (Å²) in [5.74, 6) is 0. The molecule has 3 aromatic rings. The average molecular weight is 258 g/mol. The van der Waals surface area contributed by atoms with Gasteiger partial charge in [-0.05, 0) is 24.6 Å². The maximum absolute atomic E-state index is 5.52. The molecule has 0 aliphatic rings. The molecule has 92 valence electrons. The second-order valence-electron chi connectivity index (χ2n) is 4.20. The Morgan fingerprint density at radius 3 is 3.06 bits per heavy atom. The van der Waals surface area contributed by atoms with Gasteiger partial charge in [-0.2, -0.15) is 5.10 Å². The van der Waals surface area contributed by atoms with Gasteiger partial charge < -0.3 is 5.73 Å². The lowest BCUT2D eigenvalue weighted by atomic mass is 10.1. The molecule has 2 heterocycles. The van der Waals surface area contributed by atoms with E-state index in [1.54, 1.807) is 11.3 Å². The molecule has 0 unspecified atom stereocenters. The van der Waals surface area contributed by atoms with E-state index >= 15 is 0 Å². The standard InChI is InChI=1S/C13H14N4S/c1-9-16-12-6-10(2-3-13(12)18-9)11-7-15-17(8-11)5-4-14/h2-3,6-8H,4-5,14H2,1H3. The number of rotatable bonds is 3. The molecule has 0 aliphatic heterocycles. The molecule has 18 heavy (non-hydrogen) atoms. The highest BCUT2D eigenvalue weighted by Gasteiger charge is 2.05. The van der Waals surface area contributed by atoms with E-state index in [4.69, 9.17) is 5.73 Å². The van der Waals surface area contributed by atoms with Crippen molar-refractivity contribution in [2.75, 3.05) is 6.54 Å². The maximum atomic E-state index is 5.52. The fraction of sp³-hybridized carbons (Fsp3) is 0.231. The van der Waals surface area contributed by atoms with Gasteiger partial charge in [0, 0.05) is 18.3 Å². The number of hydrogen-bond acceptors (Lipinski definition) is 4. The van der Waals surface area contributed by atoms with Crippen LogP contribution in [0.5, 0.6) is 0 Å². The number of fused-ring (bicyclic) bond motifs is 1. The topological polar surface area (TPSA) is 56.7 Å². The number of nitrogens with two attached hydrogens (primary N) is 1. The summed E-state index contributed by atoms with van der Waals surface area (Å²) in [6, 6.07) is 6.35. The van der Waals surface area contributed by atoms with Crippen LogP contribution in [0.3, 0.4) is 0 Å². The van der Waals surface area contributed by atoms with Crippen molar-refractivity contribution in [2.45, 2.75) is 13.5 Å². The van der Waals surface area contributed by atoms with Gasteiger partial charge in [0.15, 0.2) is 0 Å². The Bertz CT molecular complexity index is 683. The summed E-state index contributed by atoms with van der Waals surface area (Å²) in [5.41, 5.74) is 8.83. The van der Waals surface area contributed by atoms with E-state index < -0.39 is 0 Å². The van der Waals surface area contributed by atoms with E-state index in [1.807, 2.05) is 24.0 Å². The maximum Gasteiger partial charge on any atom is 0.0907 e. The molecule has 4 nitrogen and oxygen atoms in total. The molecule has 0 aliphatic carbocycles. The molecular formula is C13H14N4S. The first kappa shape index (κ1) is 11.4. The van der Waals surface area contributed by atoms with Crippen molar-refractivity contribution in [3.05, 3.63) is 35.6 Å². The molecular weight excluding hydrogens is 244 g/mol. The minimum absolute atomic E-state index is 0.603. The predicted molar refractivity (Wildman–Crippen MR) is 74.6 cm³/mol. The smallest absolute Gasteiger partial charge is 0.0907 e. The number of nitrogens with zero attached hydrogens (tertiary/aromatic N) is 3. The third kappa shape index (κ3) is 2.02. The Hall–Kier alpha value is -1.72. The number of benzene rings is 1. The monoisotopic (exact) mass is 258 g/mol. The van der Waals surface area contributed by atoms with Crippen molar-refractivity contribution in [3.8, 4) is 11.1 Å². The van der Waals surface area contributed by atoms with Crippen LogP contribution in [-0.4, -0.2) is 21.3 Å². The highest BCUT2D eigenvalue weighted by atomic mass is 32.1. The zero-order chi connectivity index (χ0) is 12.5. The first-order valence-corrected chi connectivity index (χ1v) is 6.68. The lowest BCUT2D eigenvalue weighted by Crippen LogP contribution is -2.09. The fourth-order valence-corrected chi connectivity index (χ4v) is 2.80. The van der Waals surface area contributed by atoms with Gasteiger partial charge in [0.1, 0.15) is 0 Å². The molecule has 5 heteroatoms. The predicted octanol–water partition coefficient (Wildman–Crippen LogP) is 2.43. The van der Waals surface area contributed by atoms with Crippen LogP contribution in [-0.2, 0) is 6.54 Å². The summed E-state index contributed by atoms with van der Waals surface area (Å²) in [4.78, 5) is 4.51. The van der Waals surface area contributed by atoms with E-state index in [9.17, 15) is 0 Å². The normalized spacial score (nSPS) is 11.2. The van der Waals surface area contributed by atoms with Crippen LogP contribution < -0.4 is 5.73 Å². The molecule has 0 saturated carbocycles. The zero-order valence-electron chi connectivity index (χ0n) is 10.1. The quantitative estimate of drug-likeness (QED) is 0.785. The number of hydrogen-bond donors (Lipinski definition) is 1. The minimum atomic E-state index is 0.603. The Morgan fingerprint density at radius 2 is 2.22 bits per heavy atom. The Kier molecular flexibility index (Phi) is 2.85. The van der Waals surface area contributed by atoms with Crippen LogP contribution in [0.4, 0.5) is 0 Å². The van der Waals surface area contributed by atoms with Gasteiger partial charge >= 0.3 is 0 Å². The second kappa shape index (κ2) is 4.51. The molecule has 0 atom stereocenters. The van der Waals surface area contributed by atoms with Gasteiger partial charge in [-0.15, -0.1) is 11.3 Å². The van der Waals surface area contributed by atoms with Crippen molar-refractivity contribution in [1.82, 2.24) is 14.8 Å². The lowest BCUT2D eigenvalue weighted by Gasteiger charge is -1.97. The minimum Gasteiger partial charge on any atom is -0.329 e. The van der Waals surface area contributed by atoms with Crippen LogP contribution in [0.1, 0.15) is 5.01 Å². The summed E-state index contributed by atoms with van der Waals surface area (Å²) in [7, 11) is 0. The molecule has 2 N–H and O–H groups in total. The summed E-state index contributed by atoms with van der Waals surface area (Å²) >= 11 is 1.72. The molecule has 3 rings (SSSR count). The van der Waals surface area contributed by atoms with E-state index in [0.717, 1.165) is 28.2 Å². The van der Waals surface area contributed by atoms with E-state index in [-0.39, 0.29) is 0 Å². The largest absolute Gasteiger partial charge is 0.329 e. The van der Waals surface area contributed by atoms with Crippen molar-refractivity contribution in [1.29, 1.82) is 0 Å². The van der Waals surface area contributed by atoms with Crippen molar-refractivity contribution < 1.29 is 0 Å². The summed E-state index contributed by atoms with van der Waals surface area (Å²) in [6.45, 7) is 3.38. The van der Waals surface area contributed by atoms with Crippen LogP contribution in [0, 0.1) is 6.92 Å². The molecule has 1 aromatic carbocycles. The molecule has 0 spiro atoms. The average Bonchev–Trinajstić information content (AvgIpc) is 2.93. The van der Waals surface area contributed by atoms with Crippen LogP contribution >= 0.6 is 11.3 Å². The number of thiazole rings is 1. The van der Waals surface area contributed by atoms with Crippen LogP contribution in [0.15, 0.2) is 30.6 Å². The van der Waals surface area contributed by atoms with Gasteiger partial charge in [0.05, 0.1) is 28.0 Å².